The molecule has 8 nitrogen and oxygen atoms in total. The van der Waals surface area contributed by atoms with E-state index in [2.05, 4.69) is 11.9 Å². The van der Waals surface area contributed by atoms with E-state index >= 15 is 0 Å². The van der Waals surface area contributed by atoms with Gasteiger partial charge in [-0.2, -0.15) is 0 Å². The summed E-state index contributed by atoms with van der Waals surface area (Å²) in [6.07, 6.45) is 1.54. The Hall–Kier alpha value is -3.94. The third-order valence-electron chi connectivity index (χ3n) is 5.41. The molecule has 0 spiro atoms. The van der Waals surface area contributed by atoms with Gasteiger partial charge in [0, 0.05) is 17.3 Å². The lowest BCUT2D eigenvalue weighted by Crippen LogP contribution is -2.29. The fraction of sp³-hybridized carbons (Fsp3) is 0.250. The molecule has 0 amide bonds. The van der Waals surface area contributed by atoms with Gasteiger partial charge < -0.3 is 24.3 Å². The number of allylic oxidation sites excluding steroid dienone is 1. The van der Waals surface area contributed by atoms with Crippen LogP contribution in [0.3, 0.4) is 0 Å². The van der Waals surface area contributed by atoms with E-state index in [-0.39, 0.29) is 6.61 Å². The van der Waals surface area contributed by atoms with Gasteiger partial charge in [-0.3, -0.25) is 4.57 Å². The predicted octanol–water partition coefficient (Wildman–Crippen LogP) is 4.08. The standard InChI is InChI=1S/C24H25N3O5/c1-6-11-32-23(28)21-14(2)25-24-26-16-9-7-8-10-17(16)27(24)22(21)15-12-19(30-4)20(31-5)13-18(15)29-3/h6-10,12-13,22H,1,11H2,2-5H3,(H,25,26)/t22-/m0/s1. The molecule has 8 heteroatoms. The number of hydrogen-bond acceptors (Lipinski definition) is 7. The average molecular weight is 435 g/mol. The van der Waals surface area contributed by atoms with E-state index in [1.807, 2.05) is 41.8 Å². The number of methoxy groups -OCH3 is 3. The smallest absolute Gasteiger partial charge is 0.338 e. The Kier molecular flexibility index (Phi) is 5.77. The lowest BCUT2D eigenvalue weighted by atomic mass is 9.93. The Morgan fingerprint density at radius 1 is 1.12 bits per heavy atom. The summed E-state index contributed by atoms with van der Waals surface area (Å²) in [5.41, 5.74) is 3.45. The largest absolute Gasteiger partial charge is 0.496 e. The van der Waals surface area contributed by atoms with Crippen molar-refractivity contribution in [2.24, 2.45) is 0 Å². The number of carbonyl (C=O) groups excluding carboxylic acids is 1. The molecule has 2 aromatic carbocycles. The highest BCUT2D eigenvalue weighted by Crippen LogP contribution is 2.45. The normalized spacial score (nSPS) is 15.1. The maximum Gasteiger partial charge on any atom is 0.338 e. The van der Waals surface area contributed by atoms with Crippen molar-refractivity contribution in [2.75, 3.05) is 33.3 Å². The van der Waals surface area contributed by atoms with E-state index in [4.69, 9.17) is 23.9 Å². The molecule has 1 N–H and O–H groups in total. The predicted molar refractivity (Wildman–Crippen MR) is 121 cm³/mol. The summed E-state index contributed by atoms with van der Waals surface area (Å²) in [4.78, 5) is 17.9. The second kappa shape index (κ2) is 8.66. The van der Waals surface area contributed by atoms with Crippen LogP contribution in [0, 0.1) is 0 Å². The fourth-order valence-corrected chi connectivity index (χ4v) is 4.00. The van der Waals surface area contributed by atoms with Crippen LogP contribution in [0.5, 0.6) is 17.2 Å². The molecule has 1 aliphatic heterocycles. The molecule has 32 heavy (non-hydrogen) atoms. The van der Waals surface area contributed by atoms with Gasteiger partial charge in [-0.25, -0.2) is 9.78 Å². The molecule has 4 rings (SSSR count). The Bertz CT molecular complexity index is 1230. The molecule has 3 aromatic rings. The third-order valence-corrected chi connectivity index (χ3v) is 5.41. The van der Waals surface area contributed by atoms with Crippen molar-refractivity contribution >= 4 is 23.0 Å². The third kappa shape index (κ3) is 3.43. The number of hydrogen-bond donors (Lipinski definition) is 1. The van der Waals surface area contributed by atoms with Crippen molar-refractivity contribution in [2.45, 2.75) is 13.0 Å². The van der Waals surface area contributed by atoms with Gasteiger partial charge in [0.15, 0.2) is 11.5 Å². The van der Waals surface area contributed by atoms with Crippen LogP contribution in [0.2, 0.25) is 0 Å². The summed E-state index contributed by atoms with van der Waals surface area (Å²) in [5.74, 6) is 1.74. The van der Waals surface area contributed by atoms with Crippen LogP contribution in [0.25, 0.3) is 11.0 Å². The van der Waals surface area contributed by atoms with Crippen molar-refractivity contribution in [1.82, 2.24) is 9.55 Å². The zero-order chi connectivity index (χ0) is 22.8. The summed E-state index contributed by atoms with van der Waals surface area (Å²) < 4.78 is 24.1. The molecule has 0 aliphatic carbocycles. The van der Waals surface area contributed by atoms with Gasteiger partial charge >= 0.3 is 5.97 Å². The number of anilines is 1. The Morgan fingerprint density at radius 2 is 1.81 bits per heavy atom. The lowest BCUT2D eigenvalue weighted by molar-refractivity contribution is -0.138. The Morgan fingerprint density at radius 3 is 2.50 bits per heavy atom. The number of rotatable bonds is 7. The first kappa shape index (κ1) is 21.3. The number of esters is 1. The number of fused-ring (bicyclic) bond motifs is 3. The monoisotopic (exact) mass is 435 g/mol. The van der Waals surface area contributed by atoms with Crippen molar-refractivity contribution < 1.29 is 23.7 Å². The minimum absolute atomic E-state index is 0.100. The van der Waals surface area contributed by atoms with E-state index < -0.39 is 12.0 Å². The number of ether oxygens (including phenoxy) is 4. The summed E-state index contributed by atoms with van der Waals surface area (Å²) >= 11 is 0. The first-order valence-electron chi connectivity index (χ1n) is 10.1. The van der Waals surface area contributed by atoms with Crippen LogP contribution in [-0.2, 0) is 9.53 Å². The quantitative estimate of drug-likeness (QED) is 0.442. The fourth-order valence-electron chi connectivity index (χ4n) is 4.00. The lowest BCUT2D eigenvalue weighted by Gasteiger charge is -2.31. The van der Waals surface area contributed by atoms with Gasteiger partial charge in [0.2, 0.25) is 5.95 Å². The molecule has 0 saturated carbocycles. The molecular weight excluding hydrogens is 410 g/mol. The molecule has 0 saturated heterocycles. The number of carbonyl (C=O) groups is 1. The Balaban J connectivity index is 2.02. The molecular formula is C24H25N3O5. The SMILES string of the molecule is C=CCOC(=O)C1=C(C)Nc2nc3ccccc3n2[C@H]1c1cc(OC)c(OC)cc1OC. The van der Waals surface area contributed by atoms with E-state index in [9.17, 15) is 4.79 Å². The first-order valence-corrected chi connectivity index (χ1v) is 10.1. The number of imidazole rings is 1. The number of aromatic nitrogens is 2. The number of para-hydroxylation sites is 2. The second-order valence-corrected chi connectivity index (χ2v) is 7.20. The van der Waals surface area contributed by atoms with E-state index in [0.717, 1.165) is 11.0 Å². The summed E-state index contributed by atoms with van der Waals surface area (Å²) in [7, 11) is 4.70. The van der Waals surface area contributed by atoms with Crippen molar-refractivity contribution in [3.63, 3.8) is 0 Å². The summed E-state index contributed by atoms with van der Waals surface area (Å²) in [6, 6.07) is 10.7. The molecule has 1 aromatic heterocycles. The minimum atomic E-state index is -0.578. The summed E-state index contributed by atoms with van der Waals surface area (Å²) in [5, 5.41) is 3.25. The average Bonchev–Trinajstić information content (AvgIpc) is 3.18. The van der Waals surface area contributed by atoms with Gasteiger partial charge in [0.1, 0.15) is 12.4 Å². The zero-order valence-corrected chi connectivity index (χ0v) is 18.5. The summed E-state index contributed by atoms with van der Waals surface area (Å²) in [6.45, 7) is 5.56. The molecule has 1 atom stereocenters. The number of benzene rings is 2. The number of nitrogens with zero attached hydrogens (tertiary/aromatic N) is 2. The van der Waals surface area contributed by atoms with Gasteiger partial charge in [0.05, 0.1) is 44.0 Å². The molecule has 2 heterocycles. The molecule has 0 fully saturated rings. The number of nitrogens with one attached hydrogen (secondary N) is 1. The highest BCUT2D eigenvalue weighted by Gasteiger charge is 2.37. The zero-order valence-electron chi connectivity index (χ0n) is 18.5. The molecule has 0 radical (unpaired) electrons. The highest BCUT2D eigenvalue weighted by molar-refractivity contribution is 5.94. The molecule has 0 unspecified atom stereocenters. The van der Waals surface area contributed by atoms with Crippen molar-refractivity contribution in [3.05, 3.63) is 65.9 Å². The van der Waals surface area contributed by atoms with Crippen LogP contribution in [-0.4, -0.2) is 43.5 Å². The van der Waals surface area contributed by atoms with E-state index in [1.165, 1.54) is 6.08 Å². The van der Waals surface area contributed by atoms with Crippen LogP contribution in [0.1, 0.15) is 18.5 Å². The first-order chi connectivity index (χ1) is 15.5. The van der Waals surface area contributed by atoms with Crippen LogP contribution < -0.4 is 19.5 Å². The van der Waals surface area contributed by atoms with E-state index in [1.54, 1.807) is 27.4 Å². The van der Waals surface area contributed by atoms with Crippen molar-refractivity contribution in [3.8, 4) is 17.2 Å². The topological polar surface area (TPSA) is 83.8 Å². The minimum Gasteiger partial charge on any atom is -0.496 e. The van der Waals surface area contributed by atoms with Gasteiger partial charge in [-0.15, -0.1) is 0 Å². The molecule has 1 aliphatic rings. The van der Waals surface area contributed by atoms with Crippen LogP contribution >= 0.6 is 0 Å². The van der Waals surface area contributed by atoms with Gasteiger partial charge in [-0.1, -0.05) is 24.8 Å². The maximum absolute atomic E-state index is 13.2. The second-order valence-electron chi connectivity index (χ2n) is 7.20. The maximum atomic E-state index is 13.2. The van der Waals surface area contributed by atoms with Crippen LogP contribution in [0.4, 0.5) is 5.95 Å². The molecule has 0 bridgehead atoms. The van der Waals surface area contributed by atoms with E-state index in [0.29, 0.717) is 40.0 Å². The van der Waals surface area contributed by atoms with Gasteiger partial charge in [-0.05, 0) is 25.1 Å². The van der Waals surface area contributed by atoms with Crippen LogP contribution in [0.15, 0.2) is 60.3 Å². The van der Waals surface area contributed by atoms with Crippen molar-refractivity contribution in [1.29, 1.82) is 0 Å². The highest BCUT2D eigenvalue weighted by atomic mass is 16.5. The molecule has 166 valence electrons. The van der Waals surface area contributed by atoms with Gasteiger partial charge in [0.25, 0.3) is 0 Å². The Labute approximate surface area is 186 Å².